The van der Waals surface area contributed by atoms with Crippen LogP contribution in [0.2, 0.25) is 0 Å². The van der Waals surface area contributed by atoms with Gasteiger partial charge in [-0.15, -0.1) is 24.0 Å². The molecule has 1 aromatic rings. The number of guanidine groups is 1. The molecule has 2 rings (SSSR count). The van der Waals surface area contributed by atoms with Crippen molar-refractivity contribution in [1.82, 2.24) is 10.6 Å². The van der Waals surface area contributed by atoms with Crippen LogP contribution in [-0.2, 0) is 14.6 Å². The number of hydrogen-bond donors (Lipinski definition) is 2. The molecule has 0 amide bonds. The minimum absolute atomic E-state index is 0. The first-order chi connectivity index (χ1) is 12.9. The van der Waals surface area contributed by atoms with Crippen molar-refractivity contribution in [3.05, 3.63) is 29.8 Å². The SMILES string of the molecule is CN=C(NCCOCCS(C)(=O)=O)NC(C)c1cccc(N2CCCC2)c1.I. The van der Waals surface area contributed by atoms with Crippen LogP contribution in [0.25, 0.3) is 0 Å². The minimum Gasteiger partial charge on any atom is -0.379 e. The monoisotopic (exact) mass is 524 g/mol. The standard InChI is InChI=1S/C19H32N4O3S.HI/c1-16(17-7-6-8-18(15-17)23-10-4-5-11-23)22-19(20-2)21-9-12-26-13-14-27(3,24)25;/h6-8,15-16H,4-5,9-14H2,1-3H3,(H2,20,21,22);1H. The summed E-state index contributed by atoms with van der Waals surface area (Å²) in [6, 6.07) is 8.75. The molecule has 1 heterocycles. The van der Waals surface area contributed by atoms with Crippen LogP contribution >= 0.6 is 24.0 Å². The predicted octanol–water partition coefficient (Wildman–Crippen LogP) is 2.19. The molecule has 1 aromatic carbocycles. The van der Waals surface area contributed by atoms with Crippen molar-refractivity contribution in [3.63, 3.8) is 0 Å². The Morgan fingerprint density at radius 1 is 1.29 bits per heavy atom. The van der Waals surface area contributed by atoms with Gasteiger partial charge in [0.15, 0.2) is 5.96 Å². The van der Waals surface area contributed by atoms with Crippen LogP contribution in [0.5, 0.6) is 0 Å². The summed E-state index contributed by atoms with van der Waals surface area (Å²) < 4.78 is 27.4. The maximum atomic E-state index is 11.1. The maximum absolute atomic E-state index is 11.1. The van der Waals surface area contributed by atoms with E-state index < -0.39 is 9.84 Å². The minimum atomic E-state index is -2.97. The zero-order valence-electron chi connectivity index (χ0n) is 17.0. The largest absolute Gasteiger partial charge is 0.379 e. The Bertz CT molecular complexity index is 722. The number of hydrogen-bond acceptors (Lipinski definition) is 5. The lowest BCUT2D eigenvalue weighted by Crippen LogP contribution is -2.40. The van der Waals surface area contributed by atoms with Gasteiger partial charge in [0.25, 0.3) is 0 Å². The summed E-state index contributed by atoms with van der Waals surface area (Å²) in [6.45, 7) is 5.57. The molecule has 0 saturated carbocycles. The Balaban J connectivity index is 0.00000392. The molecule has 9 heteroatoms. The molecule has 1 fully saturated rings. The highest BCUT2D eigenvalue weighted by molar-refractivity contribution is 14.0. The van der Waals surface area contributed by atoms with Gasteiger partial charge in [-0.2, -0.15) is 0 Å². The Labute approximate surface area is 186 Å². The van der Waals surface area contributed by atoms with Crippen molar-refractivity contribution < 1.29 is 13.2 Å². The van der Waals surface area contributed by atoms with E-state index in [-0.39, 0.29) is 42.4 Å². The summed E-state index contributed by atoms with van der Waals surface area (Å²) >= 11 is 0. The second-order valence-corrected chi connectivity index (χ2v) is 9.16. The Morgan fingerprint density at radius 3 is 2.64 bits per heavy atom. The van der Waals surface area contributed by atoms with Gasteiger partial charge in [0.05, 0.1) is 25.0 Å². The summed E-state index contributed by atoms with van der Waals surface area (Å²) in [5.74, 6) is 0.741. The van der Waals surface area contributed by atoms with Gasteiger partial charge in [-0.3, -0.25) is 4.99 Å². The summed E-state index contributed by atoms with van der Waals surface area (Å²) in [7, 11) is -1.24. The third kappa shape index (κ3) is 8.95. The molecule has 28 heavy (non-hydrogen) atoms. The fourth-order valence-corrected chi connectivity index (χ4v) is 3.42. The zero-order chi connectivity index (χ0) is 19.7. The van der Waals surface area contributed by atoms with E-state index in [4.69, 9.17) is 4.74 Å². The van der Waals surface area contributed by atoms with Crippen LogP contribution in [0.4, 0.5) is 5.69 Å². The van der Waals surface area contributed by atoms with Crippen molar-refractivity contribution in [2.24, 2.45) is 4.99 Å². The van der Waals surface area contributed by atoms with E-state index in [0.29, 0.717) is 19.1 Å². The molecule has 0 bridgehead atoms. The van der Waals surface area contributed by atoms with E-state index in [1.165, 1.54) is 30.3 Å². The first kappa shape index (κ1) is 25.0. The summed E-state index contributed by atoms with van der Waals surface area (Å²) in [5, 5.41) is 6.58. The highest BCUT2D eigenvalue weighted by Crippen LogP contribution is 2.23. The van der Waals surface area contributed by atoms with Crippen molar-refractivity contribution in [2.45, 2.75) is 25.8 Å². The van der Waals surface area contributed by atoms with Crippen LogP contribution in [0.1, 0.15) is 31.4 Å². The lowest BCUT2D eigenvalue weighted by Gasteiger charge is -2.22. The van der Waals surface area contributed by atoms with Gasteiger partial charge in [0, 0.05) is 38.6 Å². The average Bonchev–Trinajstić information content (AvgIpc) is 3.17. The highest BCUT2D eigenvalue weighted by Gasteiger charge is 2.14. The molecule has 0 spiro atoms. The smallest absolute Gasteiger partial charge is 0.191 e. The second kappa shape index (κ2) is 12.5. The van der Waals surface area contributed by atoms with Crippen molar-refractivity contribution >= 4 is 45.5 Å². The Kier molecular flexibility index (Phi) is 11.1. The second-order valence-electron chi connectivity index (χ2n) is 6.90. The summed E-state index contributed by atoms with van der Waals surface area (Å²) in [6.07, 6.45) is 3.74. The Morgan fingerprint density at radius 2 is 2.00 bits per heavy atom. The molecule has 1 unspecified atom stereocenters. The number of nitrogens with zero attached hydrogens (tertiary/aromatic N) is 2. The lowest BCUT2D eigenvalue weighted by atomic mass is 10.1. The summed E-state index contributed by atoms with van der Waals surface area (Å²) in [4.78, 5) is 6.67. The van der Waals surface area contributed by atoms with Gasteiger partial charge in [0.2, 0.25) is 0 Å². The van der Waals surface area contributed by atoms with Gasteiger partial charge in [-0.05, 0) is 37.5 Å². The first-order valence-electron chi connectivity index (χ1n) is 9.46. The topological polar surface area (TPSA) is 83.0 Å². The Hall–Kier alpha value is -1.07. The van der Waals surface area contributed by atoms with Crippen molar-refractivity contribution in [2.75, 3.05) is 56.8 Å². The number of sulfone groups is 1. The van der Waals surface area contributed by atoms with E-state index in [1.54, 1.807) is 7.05 Å². The van der Waals surface area contributed by atoms with Crippen LogP contribution < -0.4 is 15.5 Å². The predicted molar refractivity (Wildman–Crippen MR) is 127 cm³/mol. The van der Waals surface area contributed by atoms with E-state index in [0.717, 1.165) is 13.1 Å². The van der Waals surface area contributed by atoms with E-state index in [1.807, 2.05) is 0 Å². The molecule has 1 aliphatic rings. The molecule has 160 valence electrons. The average molecular weight is 524 g/mol. The molecule has 7 nitrogen and oxygen atoms in total. The van der Waals surface area contributed by atoms with E-state index >= 15 is 0 Å². The third-order valence-electron chi connectivity index (χ3n) is 4.56. The lowest BCUT2D eigenvalue weighted by molar-refractivity contribution is 0.154. The molecule has 0 radical (unpaired) electrons. The molecular weight excluding hydrogens is 491 g/mol. The van der Waals surface area contributed by atoms with Gasteiger partial charge < -0.3 is 20.3 Å². The molecule has 1 saturated heterocycles. The number of halogens is 1. The number of aliphatic imine (C=N–C) groups is 1. The van der Waals surface area contributed by atoms with Crippen LogP contribution in [-0.4, -0.2) is 66.3 Å². The van der Waals surface area contributed by atoms with Crippen LogP contribution in [0.15, 0.2) is 29.3 Å². The number of rotatable bonds is 9. The maximum Gasteiger partial charge on any atom is 0.191 e. The molecule has 0 aromatic heterocycles. The highest BCUT2D eigenvalue weighted by atomic mass is 127. The van der Waals surface area contributed by atoms with Gasteiger partial charge in [-0.1, -0.05) is 12.1 Å². The number of anilines is 1. The molecule has 1 atom stereocenters. The number of benzene rings is 1. The van der Waals surface area contributed by atoms with Crippen molar-refractivity contribution in [3.8, 4) is 0 Å². The van der Waals surface area contributed by atoms with Crippen LogP contribution in [0, 0.1) is 0 Å². The van der Waals surface area contributed by atoms with Gasteiger partial charge >= 0.3 is 0 Å². The molecule has 2 N–H and O–H groups in total. The molecule has 1 aliphatic heterocycles. The molecule has 0 aliphatic carbocycles. The van der Waals surface area contributed by atoms with Crippen molar-refractivity contribution in [1.29, 1.82) is 0 Å². The van der Waals surface area contributed by atoms with E-state index in [9.17, 15) is 8.42 Å². The first-order valence-corrected chi connectivity index (χ1v) is 11.5. The quantitative estimate of drug-likeness (QED) is 0.223. The fourth-order valence-electron chi connectivity index (χ4n) is 3.00. The third-order valence-corrected chi connectivity index (χ3v) is 5.46. The van der Waals surface area contributed by atoms with Gasteiger partial charge in [-0.25, -0.2) is 8.42 Å². The zero-order valence-corrected chi connectivity index (χ0v) is 20.1. The fraction of sp³-hybridized carbons (Fsp3) is 0.632. The number of ether oxygens (including phenoxy) is 1. The normalized spacial score (nSPS) is 15.8. The summed E-state index contributed by atoms with van der Waals surface area (Å²) in [5.41, 5.74) is 2.49. The number of nitrogens with one attached hydrogen (secondary N) is 2. The molecular formula is C19H33IN4O3S. The van der Waals surface area contributed by atoms with Crippen LogP contribution in [0.3, 0.4) is 0 Å². The van der Waals surface area contributed by atoms with E-state index in [2.05, 4.69) is 51.7 Å². The van der Waals surface area contributed by atoms with Gasteiger partial charge in [0.1, 0.15) is 9.84 Å².